The third kappa shape index (κ3) is 4.45. The number of aromatic nitrogens is 2. The summed E-state index contributed by atoms with van der Waals surface area (Å²) in [5, 5.41) is 11.5. The summed E-state index contributed by atoms with van der Waals surface area (Å²) in [5.74, 6) is 0.773. The highest BCUT2D eigenvalue weighted by molar-refractivity contribution is 6.31. The first kappa shape index (κ1) is 17.2. The van der Waals surface area contributed by atoms with Crippen LogP contribution < -0.4 is 5.32 Å². The molecule has 1 heterocycles. The predicted octanol–water partition coefficient (Wildman–Crippen LogP) is 4.58. The van der Waals surface area contributed by atoms with Crippen molar-refractivity contribution in [2.45, 2.75) is 26.7 Å². The van der Waals surface area contributed by atoms with Crippen molar-refractivity contribution in [3.63, 3.8) is 0 Å². The fourth-order valence-corrected chi connectivity index (χ4v) is 2.50. The number of benzene rings is 2. The zero-order chi connectivity index (χ0) is 17.8. The lowest BCUT2D eigenvalue weighted by molar-refractivity contribution is -0.116. The van der Waals surface area contributed by atoms with Crippen LogP contribution in [-0.2, 0) is 11.2 Å². The minimum atomic E-state index is -0.125. The maximum absolute atomic E-state index is 12.1. The standard InChI is InChI=1S/C19H18ClN3O2/c1-12-3-6-14(7-4-12)19-23-22-18(25-19)10-9-17(24)21-16-11-15(20)8-5-13(16)2/h3-8,11H,9-10H2,1-2H3,(H,21,24). The third-order valence-corrected chi connectivity index (χ3v) is 4.04. The number of rotatable bonds is 5. The number of carbonyl (C=O) groups excluding carboxylic acids is 1. The molecule has 128 valence electrons. The molecule has 0 unspecified atom stereocenters. The predicted molar refractivity (Wildman–Crippen MR) is 97.6 cm³/mol. The van der Waals surface area contributed by atoms with Crippen molar-refractivity contribution in [2.75, 3.05) is 5.32 Å². The van der Waals surface area contributed by atoms with Crippen molar-refractivity contribution < 1.29 is 9.21 Å². The highest BCUT2D eigenvalue weighted by atomic mass is 35.5. The lowest BCUT2D eigenvalue weighted by Gasteiger charge is -2.08. The van der Waals surface area contributed by atoms with E-state index in [1.165, 1.54) is 0 Å². The number of hydrogen-bond donors (Lipinski definition) is 1. The van der Waals surface area contributed by atoms with Gasteiger partial charge in [-0.1, -0.05) is 35.4 Å². The molecule has 0 atom stereocenters. The topological polar surface area (TPSA) is 68.0 Å². The fraction of sp³-hybridized carbons (Fsp3) is 0.211. The number of amides is 1. The minimum Gasteiger partial charge on any atom is -0.421 e. The van der Waals surface area contributed by atoms with Gasteiger partial charge >= 0.3 is 0 Å². The number of aryl methyl sites for hydroxylation is 3. The van der Waals surface area contributed by atoms with E-state index < -0.39 is 0 Å². The molecule has 2 aromatic carbocycles. The molecule has 0 radical (unpaired) electrons. The van der Waals surface area contributed by atoms with Crippen molar-refractivity contribution in [1.29, 1.82) is 0 Å². The van der Waals surface area contributed by atoms with Gasteiger partial charge in [0.25, 0.3) is 0 Å². The van der Waals surface area contributed by atoms with Gasteiger partial charge in [0.15, 0.2) is 0 Å². The highest BCUT2D eigenvalue weighted by Gasteiger charge is 2.11. The van der Waals surface area contributed by atoms with Crippen molar-refractivity contribution in [3.05, 3.63) is 64.5 Å². The minimum absolute atomic E-state index is 0.125. The van der Waals surface area contributed by atoms with Crippen LogP contribution in [-0.4, -0.2) is 16.1 Å². The average molecular weight is 356 g/mol. The fourth-order valence-electron chi connectivity index (χ4n) is 2.33. The smallest absolute Gasteiger partial charge is 0.247 e. The second-order valence-electron chi connectivity index (χ2n) is 5.87. The molecule has 0 fully saturated rings. The first-order chi connectivity index (χ1) is 12.0. The Labute approximate surface area is 151 Å². The number of halogens is 1. The second kappa shape index (κ2) is 7.49. The van der Waals surface area contributed by atoms with E-state index in [1.807, 2.05) is 44.2 Å². The first-order valence-corrected chi connectivity index (χ1v) is 8.34. The molecular weight excluding hydrogens is 338 g/mol. The number of nitrogens with one attached hydrogen (secondary N) is 1. The quantitative estimate of drug-likeness (QED) is 0.727. The van der Waals surface area contributed by atoms with Crippen LogP contribution in [0.2, 0.25) is 5.02 Å². The Balaban J connectivity index is 1.59. The highest BCUT2D eigenvalue weighted by Crippen LogP contribution is 2.21. The van der Waals surface area contributed by atoms with E-state index >= 15 is 0 Å². The second-order valence-corrected chi connectivity index (χ2v) is 6.31. The van der Waals surface area contributed by atoms with Gasteiger partial charge in [-0.15, -0.1) is 10.2 Å². The summed E-state index contributed by atoms with van der Waals surface area (Å²) < 4.78 is 5.63. The Morgan fingerprint density at radius 3 is 2.64 bits per heavy atom. The molecule has 1 amide bonds. The number of nitrogens with zero attached hydrogens (tertiary/aromatic N) is 2. The summed E-state index contributed by atoms with van der Waals surface area (Å²) in [6.45, 7) is 3.93. The molecule has 3 rings (SSSR count). The lowest BCUT2D eigenvalue weighted by atomic mass is 10.1. The van der Waals surface area contributed by atoms with Crippen LogP contribution in [0.1, 0.15) is 23.4 Å². The maximum Gasteiger partial charge on any atom is 0.247 e. The van der Waals surface area contributed by atoms with Crippen LogP contribution in [0.15, 0.2) is 46.9 Å². The van der Waals surface area contributed by atoms with Gasteiger partial charge in [0, 0.05) is 29.1 Å². The van der Waals surface area contributed by atoms with Gasteiger partial charge in [0.05, 0.1) is 0 Å². The van der Waals surface area contributed by atoms with Crippen molar-refractivity contribution in [3.8, 4) is 11.5 Å². The van der Waals surface area contributed by atoms with Gasteiger partial charge in [-0.3, -0.25) is 4.79 Å². The average Bonchev–Trinajstić information content (AvgIpc) is 3.06. The summed E-state index contributed by atoms with van der Waals surface area (Å²) in [5.41, 5.74) is 3.69. The van der Waals surface area contributed by atoms with Gasteiger partial charge in [-0.25, -0.2) is 0 Å². The molecule has 0 saturated heterocycles. The van der Waals surface area contributed by atoms with E-state index in [4.69, 9.17) is 16.0 Å². The van der Waals surface area contributed by atoms with Crippen LogP contribution in [0.5, 0.6) is 0 Å². The summed E-state index contributed by atoms with van der Waals surface area (Å²) in [6, 6.07) is 13.2. The molecule has 0 saturated carbocycles. The molecule has 3 aromatic rings. The zero-order valence-corrected chi connectivity index (χ0v) is 14.8. The number of anilines is 1. The van der Waals surface area contributed by atoms with E-state index in [9.17, 15) is 4.79 Å². The van der Waals surface area contributed by atoms with E-state index in [-0.39, 0.29) is 12.3 Å². The maximum atomic E-state index is 12.1. The van der Waals surface area contributed by atoms with E-state index in [2.05, 4.69) is 15.5 Å². The molecular formula is C19H18ClN3O2. The largest absolute Gasteiger partial charge is 0.421 e. The Morgan fingerprint density at radius 1 is 1.12 bits per heavy atom. The van der Waals surface area contributed by atoms with Crippen molar-refractivity contribution >= 4 is 23.2 Å². The van der Waals surface area contributed by atoms with Crippen molar-refractivity contribution in [1.82, 2.24) is 10.2 Å². The summed E-state index contributed by atoms with van der Waals surface area (Å²) in [7, 11) is 0. The lowest BCUT2D eigenvalue weighted by Crippen LogP contribution is -2.13. The van der Waals surface area contributed by atoms with Crippen LogP contribution in [0, 0.1) is 13.8 Å². The number of hydrogen-bond acceptors (Lipinski definition) is 4. The van der Waals surface area contributed by atoms with Crippen LogP contribution >= 0.6 is 11.6 Å². The first-order valence-electron chi connectivity index (χ1n) is 7.97. The summed E-state index contributed by atoms with van der Waals surface area (Å²) in [6.07, 6.45) is 0.631. The monoisotopic (exact) mass is 355 g/mol. The van der Waals surface area contributed by atoms with Gasteiger partial charge in [-0.2, -0.15) is 0 Å². The molecule has 5 nitrogen and oxygen atoms in total. The molecule has 0 aliphatic heterocycles. The van der Waals surface area contributed by atoms with E-state index in [0.717, 1.165) is 16.7 Å². The van der Waals surface area contributed by atoms with Crippen LogP contribution in [0.3, 0.4) is 0 Å². The molecule has 0 bridgehead atoms. The molecule has 0 aliphatic carbocycles. The number of carbonyl (C=O) groups is 1. The molecule has 0 spiro atoms. The summed E-state index contributed by atoms with van der Waals surface area (Å²) in [4.78, 5) is 12.1. The SMILES string of the molecule is Cc1ccc(-c2nnc(CCC(=O)Nc3cc(Cl)ccc3C)o2)cc1. The molecule has 25 heavy (non-hydrogen) atoms. The van der Waals surface area contributed by atoms with Gasteiger partial charge in [-0.05, 0) is 43.7 Å². The molecule has 0 aliphatic rings. The van der Waals surface area contributed by atoms with Gasteiger partial charge in [0.1, 0.15) is 0 Å². The Morgan fingerprint density at radius 2 is 1.88 bits per heavy atom. The van der Waals surface area contributed by atoms with E-state index in [0.29, 0.717) is 28.9 Å². The zero-order valence-electron chi connectivity index (χ0n) is 14.0. The molecule has 1 N–H and O–H groups in total. The normalized spacial score (nSPS) is 10.7. The van der Waals surface area contributed by atoms with Crippen LogP contribution in [0.25, 0.3) is 11.5 Å². The third-order valence-electron chi connectivity index (χ3n) is 3.80. The molecule has 6 heteroatoms. The van der Waals surface area contributed by atoms with Gasteiger partial charge in [0.2, 0.25) is 17.7 Å². The Hall–Kier alpha value is -2.66. The van der Waals surface area contributed by atoms with Crippen LogP contribution in [0.4, 0.5) is 5.69 Å². The van der Waals surface area contributed by atoms with E-state index in [1.54, 1.807) is 12.1 Å². The Bertz CT molecular complexity index is 888. The Kier molecular flexibility index (Phi) is 5.14. The van der Waals surface area contributed by atoms with Crippen molar-refractivity contribution in [2.24, 2.45) is 0 Å². The van der Waals surface area contributed by atoms with Gasteiger partial charge < -0.3 is 9.73 Å². The summed E-state index contributed by atoms with van der Waals surface area (Å²) >= 11 is 5.96. The molecule has 1 aromatic heterocycles.